The fourth-order valence-electron chi connectivity index (χ4n) is 2.95. The van der Waals surface area contributed by atoms with Crippen molar-refractivity contribution in [3.63, 3.8) is 0 Å². The Morgan fingerprint density at radius 1 is 0.750 bits per heavy atom. The molecule has 0 aliphatic heterocycles. The van der Waals surface area contributed by atoms with Gasteiger partial charge in [0.15, 0.2) is 0 Å². The minimum absolute atomic E-state index is 1.03. The molecule has 4 nitrogen and oxygen atoms in total. The molecular formula is C16H16N4. The van der Waals surface area contributed by atoms with Crippen LogP contribution in [0.4, 0.5) is 0 Å². The van der Waals surface area contributed by atoms with Crippen molar-refractivity contribution in [1.82, 2.24) is 19.1 Å². The summed E-state index contributed by atoms with van der Waals surface area (Å²) in [4.78, 5) is 9.49. The number of aromatic nitrogens is 4. The minimum atomic E-state index is 1.03. The lowest BCUT2D eigenvalue weighted by Crippen LogP contribution is -1.90. The molecule has 4 aromatic rings. The predicted molar refractivity (Wildman–Crippen MR) is 82.0 cm³/mol. The molecule has 2 aromatic carbocycles. The summed E-state index contributed by atoms with van der Waals surface area (Å²) in [5, 5.41) is 2.36. The topological polar surface area (TPSA) is 35.6 Å². The van der Waals surface area contributed by atoms with Gasteiger partial charge in [0.2, 0.25) is 0 Å². The molecular weight excluding hydrogens is 248 g/mol. The summed E-state index contributed by atoms with van der Waals surface area (Å²) < 4.78 is 4.26. The van der Waals surface area contributed by atoms with Crippen LogP contribution in [0.3, 0.4) is 0 Å². The highest BCUT2D eigenvalue weighted by atomic mass is 15.1. The van der Waals surface area contributed by atoms with Crippen LogP contribution >= 0.6 is 0 Å². The van der Waals surface area contributed by atoms with E-state index in [0.717, 1.165) is 39.1 Å². The second-order valence-electron chi connectivity index (χ2n) is 5.40. The first-order valence-corrected chi connectivity index (χ1v) is 6.75. The van der Waals surface area contributed by atoms with E-state index in [9.17, 15) is 0 Å². The molecule has 0 atom stereocenters. The third-order valence-electron chi connectivity index (χ3n) is 4.33. The first-order chi connectivity index (χ1) is 9.58. The number of hydrogen-bond acceptors (Lipinski definition) is 2. The van der Waals surface area contributed by atoms with Crippen LogP contribution in [-0.4, -0.2) is 19.1 Å². The SMILES string of the molecule is Cc1nc2c3c(ccc2n1C)ccc1c3nc(C)n1C. The van der Waals surface area contributed by atoms with Crippen LogP contribution in [0.5, 0.6) is 0 Å². The van der Waals surface area contributed by atoms with E-state index in [0.29, 0.717) is 0 Å². The molecule has 0 spiro atoms. The molecule has 0 fully saturated rings. The van der Waals surface area contributed by atoms with E-state index in [1.807, 2.05) is 13.8 Å². The van der Waals surface area contributed by atoms with Gasteiger partial charge in [0, 0.05) is 19.5 Å². The van der Waals surface area contributed by atoms with Crippen LogP contribution in [0.15, 0.2) is 24.3 Å². The normalized spacial score (nSPS) is 12.0. The first kappa shape index (κ1) is 11.5. The number of fused-ring (bicyclic) bond motifs is 5. The number of benzene rings is 2. The van der Waals surface area contributed by atoms with Crippen LogP contribution in [0.25, 0.3) is 32.8 Å². The van der Waals surface area contributed by atoms with Gasteiger partial charge in [-0.05, 0) is 31.4 Å². The summed E-state index contributed by atoms with van der Waals surface area (Å²) in [7, 11) is 4.11. The Labute approximate surface area is 116 Å². The largest absolute Gasteiger partial charge is 0.331 e. The Bertz CT molecular complexity index is 911. The van der Waals surface area contributed by atoms with Crippen LogP contribution in [-0.2, 0) is 14.1 Å². The van der Waals surface area contributed by atoms with E-state index in [1.54, 1.807) is 0 Å². The third-order valence-corrected chi connectivity index (χ3v) is 4.33. The van der Waals surface area contributed by atoms with Crippen molar-refractivity contribution >= 4 is 32.8 Å². The Hall–Kier alpha value is -2.36. The number of aryl methyl sites for hydroxylation is 4. The number of nitrogens with zero attached hydrogens (tertiary/aromatic N) is 4. The molecule has 4 rings (SSSR count). The molecule has 0 radical (unpaired) electrons. The van der Waals surface area contributed by atoms with Gasteiger partial charge in [0.05, 0.1) is 22.1 Å². The van der Waals surface area contributed by atoms with E-state index in [2.05, 4.69) is 47.5 Å². The van der Waals surface area contributed by atoms with Crippen molar-refractivity contribution in [2.75, 3.05) is 0 Å². The van der Waals surface area contributed by atoms with Crippen molar-refractivity contribution in [3.8, 4) is 0 Å². The molecule has 0 saturated heterocycles. The molecule has 20 heavy (non-hydrogen) atoms. The first-order valence-electron chi connectivity index (χ1n) is 6.75. The Balaban J connectivity index is 2.35. The molecule has 0 saturated carbocycles. The van der Waals surface area contributed by atoms with Gasteiger partial charge in [-0.1, -0.05) is 12.1 Å². The maximum Gasteiger partial charge on any atom is 0.106 e. The third kappa shape index (κ3) is 1.26. The number of imidazole rings is 2. The average Bonchev–Trinajstić information content (AvgIpc) is 2.89. The molecule has 0 aliphatic carbocycles. The summed E-state index contributed by atoms with van der Waals surface area (Å²) >= 11 is 0. The van der Waals surface area contributed by atoms with Crippen LogP contribution in [0, 0.1) is 13.8 Å². The average molecular weight is 264 g/mol. The minimum Gasteiger partial charge on any atom is -0.331 e. The van der Waals surface area contributed by atoms with E-state index in [1.165, 1.54) is 5.39 Å². The summed E-state index contributed by atoms with van der Waals surface area (Å²) in [5.74, 6) is 2.05. The zero-order chi connectivity index (χ0) is 14.0. The van der Waals surface area contributed by atoms with Crippen LogP contribution in [0.1, 0.15) is 11.6 Å². The van der Waals surface area contributed by atoms with Crippen molar-refractivity contribution in [1.29, 1.82) is 0 Å². The fraction of sp³-hybridized carbons (Fsp3) is 0.250. The molecule has 0 amide bonds. The maximum absolute atomic E-state index is 4.74. The Morgan fingerprint density at radius 3 is 1.65 bits per heavy atom. The monoisotopic (exact) mass is 264 g/mol. The van der Waals surface area contributed by atoms with Gasteiger partial charge in [0.25, 0.3) is 0 Å². The quantitative estimate of drug-likeness (QED) is 0.489. The zero-order valence-corrected chi connectivity index (χ0v) is 12.1. The molecule has 0 unspecified atom stereocenters. The van der Waals surface area contributed by atoms with Gasteiger partial charge < -0.3 is 9.13 Å². The smallest absolute Gasteiger partial charge is 0.106 e. The predicted octanol–water partition coefficient (Wildman–Crippen LogP) is 3.23. The van der Waals surface area contributed by atoms with Gasteiger partial charge in [-0.25, -0.2) is 9.97 Å². The van der Waals surface area contributed by atoms with Crippen molar-refractivity contribution in [2.24, 2.45) is 14.1 Å². The lowest BCUT2D eigenvalue weighted by molar-refractivity contribution is 0.886. The van der Waals surface area contributed by atoms with E-state index >= 15 is 0 Å². The highest BCUT2D eigenvalue weighted by molar-refractivity contribution is 6.16. The Kier molecular flexibility index (Phi) is 2.06. The second kappa shape index (κ2) is 3.60. The van der Waals surface area contributed by atoms with Crippen LogP contribution < -0.4 is 0 Å². The highest BCUT2D eigenvalue weighted by Crippen LogP contribution is 2.31. The van der Waals surface area contributed by atoms with E-state index < -0.39 is 0 Å². The van der Waals surface area contributed by atoms with Crippen molar-refractivity contribution < 1.29 is 0 Å². The molecule has 100 valence electrons. The van der Waals surface area contributed by atoms with E-state index in [-0.39, 0.29) is 0 Å². The van der Waals surface area contributed by atoms with Crippen molar-refractivity contribution in [2.45, 2.75) is 13.8 Å². The van der Waals surface area contributed by atoms with Gasteiger partial charge in [0.1, 0.15) is 11.6 Å². The second-order valence-corrected chi connectivity index (χ2v) is 5.40. The number of hydrogen-bond donors (Lipinski definition) is 0. The van der Waals surface area contributed by atoms with Crippen LogP contribution in [0.2, 0.25) is 0 Å². The summed E-state index contributed by atoms with van der Waals surface area (Å²) in [6.45, 7) is 4.07. The van der Waals surface area contributed by atoms with Crippen molar-refractivity contribution in [3.05, 3.63) is 35.9 Å². The molecule has 0 bridgehead atoms. The van der Waals surface area contributed by atoms with E-state index in [4.69, 9.17) is 9.97 Å². The summed E-state index contributed by atoms with van der Waals surface area (Å²) in [6.07, 6.45) is 0. The molecule has 4 heteroatoms. The standard InChI is InChI=1S/C16H16N4/c1-9-17-15-12(19(9)3)7-5-11-6-8-13-16(14(11)15)18-10(2)20(13)4/h5-8H,1-4H3. The lowest BCUT2D eigenvalue weighted by Gasteiger charge is -2.02. The zero-order valence-electron chi connectivity index (χ0n) is 12.1. The van der Waals surface area contributed by atoms with Gasteiger partial charge in [-0.3, -0.25) is 0 Å². The highest BCUT2D eigenvalue weighted by Gasteiger charge is 2.14. The lowest BCUT2D eigenvalue weighted by atomic mass is 10.1. The Morgan fingerprint density at radius 2 is 1.20 bits per heavy atom. The number of rotatable bonds is 0. The molecule has 0 aliphatic rings. The van der Waals surface area contributed by atoms with Gasteiger partial charge in [-0.15, -0.1) is 0 Å². The molecule has 2 aromatic heterocycles. The molecule has 2 heterocycles. The summed E-state index contributed by atoms with van der Waals surface area (Å²) in [5.41, 5.74) is 4.41. The maximum atomic E-state index is 4.74. The van der Waals surface area contributed by atoms with Gasteiger partial charge >= 0.3 is 0 Å². The summed E-state index contributed by atoms with van der Waals surface area (Å²) in [6, 6.07) is 8.59. The molecule has 0 N–H and O–H groups in total. The fourth-order valence-corrected chi connectivity index (χ4v) is 2.95. The van der Waals surface area contributed by atoms with Gasteiger partial charge in [-0.2, -0.15) is 0 Å².